The van der Waals surface area contributed by atoms with Crippen LogP contribution in [0.25, 0.3) is 11.1 Å². The predicted molar refractivity (Wildman–Crippen MR) is 157 cm³/mol. The number of fused-ring (bicyclic) bond motifs is 6. The summed E-state index contributed by atoms with van der Waals surface area (Å²) in [6, 6.07) is 13.7. The van der Waals surface area contributed by atoms with Crippen LogP contribution in [0.1, 0.15) is 61.8 Å². The summed E-state index contributed by atoms with van der Waals surface area (Å²) in [5.41, 5.74) is 11.2. The number of allylic oxidation sites excluding steroid dienone is 6. The van der Waals surface area contributed by atoms with Gasteiger partial charge in [0.2, 0.25) is 0 Å². The first-order valence-corrected chi connectivity index (χ1v) is 13.9. The zero-order valence-corrected chi connectivity index (χ0v) is 24.1. The summed E-state index contributed by atoms with van der Waals surface area (Å²) in [4.78, 5) is 0. The van der Waals surface area contributed by atoms with Crippen molar-refractivity contribution in [2.75, 3.05) is 0 Å². The SMILES string of the molecule is C#CC=C1/C(=C\C)c2ccccc2C12C1=C(CCC(C)(I)CC1)c1c2ccc(I)c1I. The molecule has 0 radical (unpaired) electrons. The summed E-state index contributed by atoms with van der Waals surface area (Å²) in [7, 11) is 0. The largest absolute Gasteiger partial charge is 0.115 e. The quantitative estimate of drug-likeness (QED) is 0.144. The lowest BCUT2D eigenvalue weighted by Crippen LogP contribution is -2.28. The summed E-state index contributed by atoms with van der Waals surface area (Å²) in [6.45, 7) is 4.56. The molecule has 3 aliphatic rings. The van der Waals surface area contributed by atoms with Crippen LogP contribution in [0.5, 0.6) is 0 Å². The standard InChI is InChI=1S/C28H23I3/c1-4-8-20-17(5-2)18-9-6-7-10-21(18)28(20)22-14-16-27(3,31)15-13-19(22)25-23(28)11-12-24(29)26(25)30/h1,5-12H,13-16H2,2-3H3/b17-5-,20-8?. The molecule has 0 aliphatic heterocycles. The normalized spacial score (nSPS) is 29.2. The lowest BCUT2D eigenvalue weighted by Gasteiger charge is -2.34. The van der Waals surface area contributed by atoms with E-state index in [9.17, 15) is 0 Å². The van der Waals surface area contributed by atoms with E-state index in [-0.39, 0.29) is 5.41 Å². The Bertz CT molecular complexity index is 1250. The fourth-order valence-corrected chi connectivity index (χ4v) is 7.73. The predicted octanol–water partition coefficient (Wildman–Crippen LogP) is 8.69. The molecule has 0 aromatic heterocycles. The molecule has 2 atom stereocenters. The average Bonchev–Trinajstić information content (AvgIpc) is 3.12. The van der Waals surface area contributed by atoms with Gasteiger partial charge in [0.1, 0.15) is 0 Å². The van der Waals surface area contributed by atoms with Crippen molar-refractivity contribution in [2.24, 2.45) is 0 Å². The van der Waals surface area contributed by atoms with Crippen LogP contribution in [0.15, 0.2) is 59.7 Å². The van der Waals surface area contributed by atoms with E-state index in [1.807, 2.05) is 6.08 Å². The van der Waals surface area contributed by atoms with E-state index in [4.69, 9.17) is 6.42 Å². The molecule has 31 heavy (non-hydrogen) atoms. The van der Waals surface area contributed by atoms with Gasteiger partial charge >= 0.3 is 0 Å². The van der Waals surface area contributed by atoms with Crippen molar-refractivity contribution in [3.05, 3.63) is 89.1 Å². The molecule has 0 nitrogen and oxygen atoms in total. The maximum Gasteiger partial charge on any atom is 0.0691 e. The minimum absolute atomic E-state index is 0.253. The minimum Gasteiger partial charge on any atom is -0.115 e. The monoisotopic (exact) mass is 740 g/mol. The topological polar surface area (TPSA) is 0 Å². The van der Waals surface area contributed by atoms with Crippen molar-refractivity contribution < 1.29 is 0 Å². The number of hydrogen-bond donors (Lipinski definition) is 0. The van der Waals surface area contributed by atoms with Gasteiger partial charge < -0.3 is 0 Å². The highest BCUT2D eigenvalue weighted by Gasteiger charge is 2.55. The third kappa shape index (κ3) is 3.10. The second kappa shape index (κ2) is 8.02. The van der Waals surface area contributed by atoms with E-state index < -0.39 is 0 Å². The Morgan fingerprint density at radius 1 is 1.03 bits per heavy atom. The minimum atomic E-state index is -0.253. The van der Waals surface area contributed by atoms with Crippen molar-refractivity contribution >= 4 is 78.9 Å². The van der Waals surface area contributed by atoms with Gasteiger partial charge in [-0.3, -0.25) is 0 Å². The third-order valence-corrected chi connectivity index (χ3v) is 11.4. The average molecular weight is 740 g/mol. The summed E-state index contributed by atoms with van der Waals surface area (Å²) in [5, 5.41) is 0. The third-order valence-electron chi connectivity index (χ3n) is 7.24. The van der Waals surface area contributed by atoms with Crippen LogP contribution < -0.4 is 0 Å². The van der Waals surface area contributed by atoms with E-state index in [0.717, 1.165) is 12.8 Å². The van der Waals surface area contributed by atoms with E-state index in [1.165, 1.54) is 53.4 Å². The van der Waals surface area contributed by atoms with Gasteiger partial charge in [0.05, 0.1) is 5.41 Å². The Morgan fingerprint density at radius 2 is 1.77 bits per heavy atom. The molecular formula is C28H23I3. The van der Waals surface area contributed by atoms with Gasteiger partial charge in [-0.1, -0.05) is 71.8 Å². The van der Waals surface area contributed by atoms with Crippen molar-refractivity contribution in [1.29, 1.82) is 0 Å². The molecule has 2 aromatic carbocycles. The number of alkyl halides is 1. The second-order valence-electron chi connectivity index (χ2n) is 8.88. The lowest BCUT2D eigenvalue weighted by atomic mass is 9.68. The molecule has 2 unspecified atom stereocenters. The van der Waals surface area contributed by atoms with E-state index >= 15 is 0 Å². The zero-order chi connectivity index (χ0) is 22.0. The highest BCUT2D eigenvalue weighted by Crippen LogP contribution is 2.65. The summed E-state index contributed by atoms with van der Waals surface area (Å²) < 4.78 is 3.06. The molecule has 0 saturated carbocycles. The second-order valence-corrected chi connectivity index (χ2v) is 13.7. The van der Waals surface area contributed by atoms with E-state index in [2.05, 4.69) is 130 Å². The molecule has 0 saturated heterocycles. The van der Waals surface area contributed by atoms with Gasteiger partial charge in [0, 0.05) is 10.6 Å². The number of terminal acetylenes is 1. The first-order chi connectivity index (χ1) is 14.9. The van der Waals surface area contributed by atoms with Crippen LogP contribution in [-0.4, -0.2) is 3.42 Å². The van der Waals surface area contributed by atoms with Crippen molar-refractivity contribution in [3.63, 3.8) is 0 Å². The highest BCUT2D eigenvalue weighted by molar-refractivity contribution is 14.1. The Kier molecular flexibility index (Phi) is 5.75. The number of benzene rings is 2. The number of halogens is 3. The number of hydrogen-bond acceptors (Lipinski definition) is 0. The first kappa shape index (κ1) is 22.2. The van der Waals surface area contributed by atoms with E-state index in [0.29, 0.717) is 3.42 Å². The molecule has 5 rings (SSSR count). The molecule has 2 aromatic rings. The van der Waals surface area contributed by atoms with Crippen LogP contribution in [-0.2, 0) is 5.41 Å². The van der Waals surface area contributed by atoms with Crippen LogP contribution in [0.4, 0.5) is 0 Å². The first-order valence-electron chi connectivity index (χ1n) is 10.7. The maximum atomic E-state index is 5.95. The van der Waals surface area contributed by atoms with Gasteiger partial charge in [0.15, 0.2) is 0 Å². The Labute approximate surface area is 226 Å². The van der Waals surface area contributed by atoms with Gasteiger partial charge in [-0.15, -0.1) is 6.42 Å². The van der Waals surface area contributed by atoms with Crippen molar-refractivity contribution in [3.8, 4) is 12.3 Å². The zero-order valence-electron chi connectivity index (χ0n) is 17.7. The summed E-state index contributed by atoms with van der Waals surface area (Å²) in [6.07, 6.45) is 14.9. The van der Waals surface area contributed by atoms with Gasteiger partial charge in [0.25, 0.3) is 0 Å². The molecule has 0 amide bonds. The van der Waals surface area contributed by atoms with Gasteiger partial charge in [-0.2, -0.15) is 0 Å². The Balaban J connectivity index is 1.95. The van der Waals surface area contributed by atoms with Crippen molar-refractivity contribution in [2.45, 2.75) is 48.4 Å². The molecule has 0 N–H and O–H groups in total. The molecule has 0 bridgehead atoms. The van der Waals surface area contributed by atoms with Crippen LogP contribution >= 0.6 is 67.8 Å². The van der Waals surface area contributed by atoms with E-state index in [1.54, 1.807) is 11.1 Å². The Morgan fingerprint density at radius 3 is 2.52 bits per heavy atom. The Hall–Kier alpha value is -0.590. The molecular weight excluding hydrogens is 717 g/mol. The smallest absolute Gasteiger partial charge is 0.0691 e. The molecule has 1 spiro atoms. The molecule has 3 aliphatic carbocycles. The summed E-state index contributed by atoms with van der Waals surface area (Å²) >= 11 is 7.76. The fourth-order valence-electron chi connectivity index (χ4n) is 5.94. The van der Waals surface area contributed by atoms with Crippen molar-refractivity contribution in [1.82, 2.24) is 0 Å². The van der Waals surface area contributed by atoms with Crippen LogP contribution in [0.2, 0.25) is 0 Å². The van der Waals surface area contributed by atoms with Crippen LogP contribution in [0.3, 0.4) is 0 Å². The molecule has 156 valence electrons. The molecule has 0 fully saturated rings. The number of rotatable bonds is 0. The lowest BCUT2D eigenvalue weighted by molar-refractivity contribution is 0.574. The van der Waals surface area contributed by atoms with Gasteiger partial charge in [-0.25, -0.2) is 0 Å². The highest BCUT2D eigenvalue weighted by atomic mass is 127. The molecule has 0 heterocycles. The fraction of sp³-hybridized carbons (Fsp3) is 0.286. The summed E-state index contributed by atoms with van der Waals surface area (Å²) in [5.74, 6) is 2.91. The maximum absolute atomic E-state index is 5.95. The van der Waals surface area contributed by atoms with Crippen LogP contribution in [0, 0.1) is 19.5 Å². The molecule has 3 heteroatoms. The van der Waals surface area contributed by atoms with Gasteiger partial charge in [-0.05, 0) is 134 Å².